The molecule has 5 aromatic rings. The largest absolute Gasteiger partial charge is 0.457 e. The van der Waals surface area contributed by atoms with Crippen LogP contribution in [0.25, 0.3) is 22.0 Å². The van der Waals surface area contributed by atoms with Crippen molar-refractivity contribution in [3.8, 4) is 22.6 Å². The van der Waals surface area contributed by atoms with Gasteiger partial charge in [0.25, 0.3) is 0 Å². The Morgan fingerprint density at radius 3 is 2.13 bits per heavy atom. The van der Waals surface area contributed by atoms with Gasteiger partial charge in [0.15, 0.2) is 0 Å². The van der Waals surface area contributed by atoms with Crippen molar-refractivity contribution >= 4 is 34.1 Å². The SMILES string of the molecule is O=C(Nc1ccc(F)cc1)C1(C(=O)Nc2ccc(Oc3ccnc4cc(-c5cccnc5)ccc34)cc2)CC1. The van der Waals surface area contributed by atoms with Crippen LogP contribution in [0.15, 0.2) is 104 Å². The zero-order valence-corrected chi connectivity index (χ0v) is 20.7. The number of ether oxygens (including phenoxy) is 1. The van der Waals surface area contributed by atoms with Gasteiger partial charge in [-0.05, 0) is 91.2 Å². The molecule has 2 N–H and O–H groups in total. The van der Waals surface area contributed by atoms with Crippen molar-refractivity contribution < 1.29 is 18.7 Å². The quantitative estimate of drug-likeness (QED) is 0.237. The number of fused-ring (bicyclic) bond motifs is 1. The van der Waals surface area contributed by atoms with Crippen LogP contribution in [0.5, 0.6) is 11.5 Å². The smallest absolute Gasteiger partial charge is 0.240 e. The van der Waals surface area contributed by atoms with Crippen molar-refractivity contribution in [2.75, 3.05) is 10.6 Å². The van der Waals surface area contributed by atoms with Crippen molar-refractivity contribution in [3.63, 3.8) is 0 Å². The van der Waals surface area contributed by atoms with E-state index in [0.717, 1.165) is 22.0 Å². The number of halogens is 1. The summed E-state index contributed by atoms with van der Waals surface area (Å²) in [5, 5.41) is 6.41. The minimum Gasteiger partial charge on any atom is -0.457 e. The van der Waals surface area contributed by atoms with E-state index in [4.69, 9.17) is 4.74 Å². The Morgan fingerprint density at radius 1 is 0.795 bits per heavy atom. The van der Waals surface area contributed by atoms with Crippen LogP contribution >= 0.6 is 0 Å². The normalized spacial score (nSPS) is 13.5. The first kappa shape index (κ1) is 24.2. The first-order valence-electron chi connectivity index (χ1n) is 12.5. The van der Waals surface area contributed by atoms with E-state index >= 15 is 0 Å². The van der Waals surface area contributed by atoms with E-state index in [1.54, 1.807) is 42.7 Å². The molecule has 2 aromatic heterocycles. The lowest BCUT2D eigenvalue weighted by Gasteiger charge is -2.16. The van der Waals surface area contributed by atoms with Gasteiger partial charge in [-0.15, -0.1) is 0 Å². The number of hydrogen-bond acceptors (Lipinski definition) is 5. The van der Waals surface area contributed by atoms with Gasteiger partial charge in [-0.25, -0.2) is 4.39 Å². The first-order chi connectivity index (χ1) is 19.0. The molecule has 0 spiro atoms. The van der Waals surface area contributed by atoms with E-state index in [1.165, 1.54) is 24.3 Å². The van der Waals surface area contributed by atoms with Gasteiger partial charge in [0.05, 0.1) is 5.52 Å². The number of aromatic nitrogens is 2. The molecule has 2 amide bonds. The molecule has 1 aliphatic carbocycles. The molecule has 8 heteroatoms. The molecule has 0 bridgehead atoms. The van der Waals surface area contributed by atoms with Gasteiger partial charge in [0.1, 0.15) is 22.7 Å². The number of benzene rings is 3. The lowest BCUT2D eigenvalue weighted by Crippen LogP contribution is -2.35. The molecule has 192 valence electrons. The maximum Gasteiger partial charge on any atom is 0.240 e. The van der Waals surface area contributed by atoms with Crippen LogP contribution in [-0.4, -0.2) is 21.8 Å². The number of hydrogen-bond donors (Lipinski definition) is 2. The molecule has 0 atom stereocenters. The van der Waals surface area contributed by atoms with E-state index in [2.05, 4.69) is 20.6 Å². The molecule has 6 rings (SSSR count). The number of carbonyl (C=O) groups excluding carboxylic acids is 2. The third-order valence-electron chi connectivity index (χ3n) is 6.76. The number of carbonyl (C=O) groups is 2. The van der Waals surface area contributed by atoms with E-state index in [0.29, 0.717) is 35.7 Å². The van der Waals surface area contributed by atoms with Crippen molar-refractivity contribution in [2.24, 2.45) is 5.41 Å². The summed E-state index contributed by atoms with van der Waals surface area (Å²) in [6.45, 7) is 0. The van der Waals surface area contributed by atoms with Crippen LogP contribution in [0.4, 0.5) is 15.8 Å². The van der Waals surface area contributed by atoms with Gasteiger partial charge in [0.2, 0.25) is 11.8 Å². The monoisotopic (exact) mass is 518 g/mol. The Bertz CT molecular complexity index is 1670. The van der Waals surface area contributed by atoms with Crippen LogP contribution in [0.1, 0.15) is 12.8 Å². The zero-order valence-electron chi connectivity index (χ0n) is 20.7. The van der Waals surface area contributed by atoms with Crippen molar-refractivity contribution in [1.82, 2.24) is 9.97 Å². The molecule has 7 nitrogen and oxygen atoms in total. The Labute approximate surface area is 223 Å². The standard InChI is InChI=1S/C31H23FN4O3/c32-22-4-6-23(7-5-22)35-29(37)31(14-15-31)30(38)36-24-8-10-25(11-9-24)39-28-13-17-34-27-18-20(3-12-26(27)28)21-2-1-16-33-19-21/h1-13,16-19H,14-15H2,(H,35,37)(H,36,38). The van der Waals surface area contributed by atoms with Gasteiger partial charge in [-0.3, -0.25) is 19.6 Å². The van der Waals surface area contributed by atoms with Crippen LogP contribution in [-0.2, 0) is 9.59 Å². The van der Waals surface area contributed by atoms with Gasteiger partial charge < -0.3 is 15.4 Å². The molecule has 0 aliphatic heterocycles. The maximum atomic E-state index is 13.1. The van der Waals surface area contributed by atoms with Crippen LogP contribution in [0, 0.1) is 11.2 Å². The minimum absolute atomic E-state index is 0.375. The van der Waals surface area contributed by atoms with Crippen LogP contribution < -0.4 is 15.4 Å². The highest BCUT2D eigenvalue weighted by Crippen LogP contribution is 2.47. The predicted molar refractivity (Wildman–Crippen MR) is 147 cm³/mol. The molecule has 0 radical (unpaired) electrons. The molecule has 1 aliphatic rings. The Morgan fingerprint density at radius 2 is 1.49 bits per heavy atom. The van der Waals surface area contributed by atoms with Crippen molar-refractivity contribution in [2.45, 2.75) is 12.8 Å². The summed E-state index contributed by atoms with van der Waals surface area (Å²) in [7, 11) is 0. The summed E-state index contributed by atoms with van der Waals surface area (Å²) in [4.78, 5) is 34.4. The highest BCUT2D eigenvalue weighted by Gasteiger charge is 2.56. The van der Waals surface area contributed by atoms with E-state index in [-0.39, 0.29) is 5.91 Å². The van der Waals surface area contributed by atoms with Gasteiger partial charge >= 0.3 is 0 Å². The maximum absolute atomic E-state index is 13.1. The fourth-order valence-electron chi connectivity index (χ4n) is 4.37. The molecule has 2 heterocycles. The summed E-state index contributed by atoms with van der Waals surface area (Å²) < 4.78 is 19.3. The molecule has 39 heavy (non-hydrogen) atoms. The minimum atomic E-state index is -1.13. The Kier molecular flexibility index (Phi) is 6.20. The fraction of sp³-hybridized carbons (Fsp3) is 0.0968. The second kappa shape index (κ2) is 9.98. The molecule has 1 saturated carbocycles. The summed E-state index contributed by atoms with van der Waals surface area (Å²) in [6.07, 6.45) is 6.15. The average molecular weight is 519 g/mol. The summed E-state index contributed by atoms with van der Waals surface area (Å²) in [5.74, 6) is 0.0745. The van der Waals surface area contributed by atoms with Gasteiger partial charge in [-0.1, -0.05) is 12.1 Å². The second-order valence-corrected chi connectivity index (χ2v) is 9.41. The number of nitrogens with zero attached hydrogens (tertiary/aromatic N) is 2. The summed E-state index contributed by atoms with van der Waals surface area (Å²) in [5.41, 5.74) is 2.68. The third-order valence-corrected chi connectivity index (χ3v) is 6.76. The average Bonchev–Trinajstić information content (AvgIpc) is 3.78. The third kappa shape index (κ3) is 5.04. The highest BCUT2D eigenvalue weighted by molar-refractivity contribution is 6.16. The van der Waals surface area contributed by atoms with E-state index < -0.39 is 17.1 Å². The van der Waals surface area contributed by atoms with Gasteiger partial charge in [0, 0.05) is 40.9 Å². The Hall–Kier alpha value is -5.11. The predicted octanol–water partition coefficient (Wildman–Crippen LogP) is 6.59. The molecule has 3 aromatic carbocycles. The lowest BCUT2D eigenvalue weighted by molar-refractivity contribution is -0.131. The highest BCUT2D eigenvalue weighted by atomic mass is 19.1. The lowest BCUT2D eigenvalue weighted by atomic mass is 10.0. The topological polar surface area (TPSA) is 93.2 Å². The van der Waals surface area contributed by atoms with Crippen molar-refractivity contribution in [1.29, 1.82) is 0 Å². The summed E-state index contributed by atoms with van der Waals surface area (Å²) in [6, 6.07) is 24.1. The second-order valence-electron chi connectivity index (χ2n) is 9.41. The number of nitrogens with one attached hydrogen (secondary N) is 2. The summed E-state index contributed by atoms with van der Waals surface area (Å²) >= 11 is 0. The van der Waals surface area contributed by atoms with Crippen LogP contribution in [0.2, 0.25) is 0 Å². The number of rotatable bonds is 7. The van der Waals surface area contributed by atoms with Crippen LogP contribution in [0.3, 0.4) is 0 Å². The van der Waals surface area contributed by atoms with Gasteiger partial charge in [-0.2, -0.15) is 0 Å². The Balaban J connectivity index is 1.13. The van der Waals surface area contributed by atoms with E-state index in [1.807, 2.05) is 36.5 Å². The number of pyridine rings is 2. The molecule has 0 saturated heterocycles. The molecule has 0 unspecified atom stereocenters. The number of amides is 2. The van der Waals surface area contributed by atoms with Crippen molar-refractivity contribution in [3.05, 3.63) is 109 Å². The zero-order chi connectivity index (χ0) is 26.8. The molecular formula is C31H23FN4O3. The number of anilines is 2. The molecular weight excluding hydrogens is 495 g/mol. The first-order valence-corrected chi connectivity index (χ1v) is 12.5. The van der Waals surface area contributed by atoms with E-state index in [9.17, 15) is 14.0 Å². The molecule has 1 fully saturated rings. The fourth-order valence-corrected chi connectivity index (χ4v) is 4.37.